The van der Waals surface area contributed by atoms with E-state index in [0.717, 1.165) is 12.8 Å². The van der Waals surface area contributed by atoms with Gasteiger partial charge in [0, 0.05) is 30.8 Å². The average Bonchev–Trinajstić information content (AvgIpc) is 3.29. The van der Waals surface area contributed by atoms with Gasteiger partial charge in [0.1, 0.15) is 5.69 Å². The van der Waals surface area contributed by atoms with Crippen LogP contribution >= 0.6 is 0 Å². The van der Waals surface area contributed by atoms with Crippen LogP contribution in [0.15, 0.2) is 18.2 Å². The van der Waals surface area contributed by atoms with Gasteiger partial charge in [-0.25, -0.2) is 0 Å². The van der Waals surface area contributed by atoms with Gasteiger partial charge in [0.15, 0.2) is 0 Å². The first-order chi connectivity index (χ1) is 10.1. The number of aliphatic hydroxyl groups is 1. The average molecular weight is 293 g/mol. The Hall–Kier alpha value is -2.15. The molecule has 1 aliphatic carbocycles. The van der Waals surface area contributed by atoms with Gasteiger partial charge >= 0.3 is 0 Å². The molecule has 2 rings (SSSR count). The van der Waals surface area contributed by atoms with Gasteiger partial charge in [-0.3, -0.25) is 14.9 Å². The summed E-state index contributed by atoms with van der Waals surface area (Å²) in [7, 11) is 0. The summed E-state index contributed by atoms with van der Waals surface area (Å²) in [5.41, 5.74) is 0.635. The number of anilines is 1. The summed E-state index contributed by atoms with van der Waals surface area (Å²) in [6.07, 6.45) is 1.93. The lowest BCUT2D eigenvalue weighted by molar-refractivity contribution is -0.384. The first kappa shape index (κ1) is 15.2. The van der Waals surface area contributed by atoms with Gasteiger partial charge in [0.25, 0.3) is 11.6 Å². The molecule has 1 amide bonds. The van der Waals surface area contributed by atoms with Crippen LogP contribution in [-0.2, 0) is 0 Å². The fourth-order valence-corrected chi connectivity index (χ4v) is 2.31. The van der Waals surface area contributed by atoms with E-state index in [1.807, 2.05) is 4.90 Å². The molecule has 0 aromatic heterocycles. The normalized spacial score (nSPS) is 13.8. The predicted molar refractivity (Wildman–Crippen MR) is 78.6 cm³/mol. The number of nitro groups is 1. The van der Waals surface area contributed by atoms with Crippen molar-refractivity contribution in [3.8, 4) is 0 Å². The number of aliphatic hydroxyl groups excluding tert-OH is 1. The summed E-state index contributed by atoms with van der Waals surface area (Å²) in [6.45, 7) is 2.54. The Kier molecular flexibility index (Phi) is 4.74. The molecule has 0 heterocycles. The molecule has 1 saturated carbocycles. The second kappa shape index (κ2) is 6.53. The van der Waals surface area contributed by atoms with Crippen LogP contribution < -0.4 is 10.2 Å². The molecule has 0 atom stereocenters. The molecule has 0 spiro atoms. The highest BCUT2D eigenvalue weighted by Crippen LogP contribution is 2.37. The van der Waals surface area contributed by atoms with Crippen LogP contribution in [0.3, 0.4) is 0 Å². The number of nitro benzene ring substituents is 1. The molecule has 0 unspecified atom stereocenters. The van der Waals surface area contributed by atoms with Gasteiger partial charge < -0.3 is 15.3 Å². The SMILES string of the molecule is CCNC(=O)c1ccc(N(CCO)C2CC2)c([N+](=O)[O-])c1. The predicted octanol–water partition coefficient (Wildman–Crippen LogP) is 1.31. The Bertz CT molecular complexity index is 543. The maximum absolute atomic E-state index is 11.8. The molecule has 1 fully saturated rings. The van der Waals surface area contributed by atoms with E-state index in [2.05, 4.69) is 5.32 Å². The lowest BCUT2D eigenvalue weighted by Crippen LogP contribution is -2.30. The third kappa shape index (κ3) is 3.49. The molecule has 0 aliphatic heterocycles. The zero-order chi connectivity index (χ0) is 15.4. The van der Waals surface area contributed by atoms with E-state index < -0.39 is 4.92 Å². The minimum absolute atomic E-state index is 0.0638. The standard InChI is InChI=1S/C14H19N3O4/c1-2-15-14(19)10-3-6-12(13(9-10)17(20)21)16(7-8-18)11-4-5-11/h3,6,9,11,18H,2,4-5,7-8H2,1H3,(H,15,19). The van der Waals surface area contributed by atoms with Crippen LogP contribution in [0, 0.1) is 10.1 Å². The molecule has 7 heteroatoms. The summed E-state index contributed by atoms with van der Waals surface area (Å²) in [4.78, 5) is 24.4. The highest BCUT2D eigenvalue weighted by atomic mass is 16.6. The largest absolute Gasteiger partial charge is 0.395 e. The number of amides is 1. The number of rotatable bonds is 7. The number of carbonyl (C=O) groups is 1. The van der Waals surface area contributed by atoms with Crippen molar-refractivity contribution in [3.05, 3.63) is 33.9 Å². The van der Waals surface area contributed by atoms with E-state index in [4.69, 9.17) is 5.11 Å². The topological polar surface area (TPSA) is 95.7 Å². The first-order valence-corrected chi connectivity index (χ1v) is 7.02. The van der Waals surface area contributed by atoms with E-state index in [-0.39, 0.29) is 29.8 Å². The molecule has 0 saturated heterocycles. The van der Waals surface area contributed by atoms with Crippen LogP contribution in [0.1, 0.15) is 30.1 Å². The van der Waals surface area contributed by atoms with Gasteiger partial charge in [0.2, 0.25) is 0 Å². The number of benzene rings is 1. The van der Waals surface area contributed by atoms with E-state index in [9.17, 15) is 14.9 Å². The van der Waals surface area contributed by atoms with Crippen molar-refractivity contribution >= 4 is 17.3 Å². The molecule has 1 aromatic rings. The number of hydrogen-bond donors (Lipinski definition) is 2. The van der Waals surface area contributed by atoms with Crippen molar-refractivity contribution < 1.29 is 14.8 Å². The summed E-state index contributed by atoms with van der Waals surface area (Å²) < 4.78 is 0. The summed E-state index contributed by atoms with van der Waals surface area (Å²) in [6, 6.07) is 4.72. The van der Waals surface area contributed by atoms with Crippen LogP contribution in [0.5, 0.6) is 0 Å². The molecule has 0 radical (unpaired) electrons. The van der Waals surface area contributed by atoms with Crippen molar-refractivity contribution in [1.82, 2.24) is 5.32 Å². The van der Waals surface area contributed by atoms with Crippen molar-refractivity contribution in [2.45, 2.75) is 25.8 Å². The number of carbonyl (C=O) groups excluding carboxylic acids is 1. The monoisotopic (exact) mass is 293 g/mol. The lowest BCUT2D eigenvalue weighted by atomic mass is 10.1. The minimum atomic E-state index is -0.481. The third-order valence-electron chi connectivity index (χ3n) is 3.41. The number of nitrogens with zero attached hydrogens (tertiary/aromatic N) is 2. The molecule has 1 aromatic carbocycles. The number of hydrogen-bond acceptors (Lipinski definition) is 5. The summed E-state index contributed by atoms with van der Waals surface area (Å²) >= 11 is 0. The van der Waals surface area contributed by atoms with Crippen molar-refractivity contribution in [1.29, 1.82) is 0 Å². The minimum Gasteiger partial charge on any atom is -0.395 e. The second-order valence-electron chi connectivity index (χ2n) is 4.97. The van der Waals surface area contributed by atoms with Gasteiger partial charge in [0.05, 0.1) is 11.5 Å². The van der Waals surface area contributed by atoms with Crippen LogP contribution in [-0.4, -0.2) is 41.7 Å². The van der Waals surface area contributed by atoms with Crippen molar-refractivity contribution in [3.63, 3.8) is 0 Å². The Balaban J connectivity index is 2.36. The quantitative estimate of drug-likeness (QED) is 0.583. The van der Waals surface area contributed by atoms with E-state index >= 15 is 0 Å². The van der Waals surface area contributed by atoms with E-state index in [1.54, 1.807) is 19.1 Å². The molecule has 0 bridgehead atoms. The zero-order valence-corrected chi connectivity index (χ0v) is 11.9. The molecule has 2 N–H and O–H groups in total. The second-order valence-corrected chi connectivity index (χ2v) is 4.97. The van der Waals surface area contributed by atoms with Gasteiger partial charge in [-0.2, -0.15) is 0 Å². The molecular formula is C14H19N3O4. The third-order valence-corrected chi connectivity index (χ3v) is 3.41. The highest BCUT2D eigenvalue weighted by molar-refractivity contribution is 5.95. The molecule has 114 valence electrons. The van der Waals surface area contributed by atoms with Crippen molar-refractivity contribution in [2.24, 2.45) is 0 Å². The fourth-order valence-electron chi connectivity index (χ4n) is 2.31. The van der Waals surface area contributed by atoms with Crippen LogP contribution in [0.4, 0.5) is 11.4 Å². The van der Waals surface area contributed by atoms with Crippen LogP contribution in [0.2, 0.25) is 0 Å². The smallest absolute Gasteiger partial charge is 0.293 e. The molecule has 7 nitrogen and oxygen atoms in total. The molecule has 21 heavy (non-hydrogen) atoms. The van der Waals surface area contributed by atoms with Gasteiger partial charge in [-0.15, -0.1) is 0 Å². The maximum Gasteiger partial charge on any atom is 0.293 e. The summed E-state index contributed by atoms with van der Waals surface area (Å²) in [5.74, 6) is -0.327. The maximum atomic E-state index is 11.8. The highest BCUT2D eigenvalue weighted by Gasteiger charge is 2.33. The first-order valence-electron chi connectivity index (χ1n) is 7.02. The Morgan fingerprint density at radius 1 is 1.52 bits per heavy atom. The van der Waals surface area contributed by atoms with Crippen molar-refractivity contribution in [2.75, 3.05) is 24.6 Å². The Labute approximate surface area is 122 Å². The fraction of sp³-hybridized carbons (Fsp3) is 0.500. The number of nitrogens with one attached hydrogen (secondary N) is 1. The van der Waals surface area contributed by atoms with Gasteiger partial charge in [-0.1, -0.05) is 0 Å². The van der Waals surface area contributed by atoms with E-state index in [0.29, 0.717) is 18.8 Å². The zero-order valence-electron chi connectivity index (χ0n) is 11.9. The van der Waals surface area contributed by atoms with Crippen LogP contribution in [0.25, 0.3) is 0 Å². The van der Waals surface area contributed by atoms with Gasteiger partial charge in [-0.05, 0) is 31.9 Å². The van der Waals surface area contributed by atoms with E-state index in [1.165, 1.54) is 6.07 Å². The molecular weight excluding hydrogens is 274 g/mol. The summed E-state index contributed by atoms with van der Waals surface area (Å²) in [5, 5.41) is 23.1. The Morgan fingerprint density at radius 3 is 2.76 bits per heavy atom. The Morgan fingerprint density at radius 2 is 2.24 bits per heavy atom. The lowest BCUT2D eigenvalue weighted by Gasteiger charge is -2.23. The molecule has 1 aliphatic rings.